The monoisotopic (exact) mass is 379 g/mol. The lowest BCUT2D eigenvalue weighted by Gasteiger charge is -2.36. The minimum Gasteiger partial charge on any atom is -0.357 e. The second kappa shape index (κ2) is 8.91. The molecule has 0 saturated heterocycles. The maximum atomic E-state index is 13.0. The lowest BCUT2D eigenvalue weighted by atomic mass is 9.81. The molecule has 0 aliphatic heterocycles. The fourth-order valence-electron chi connectivity index (χ4n) is 3.95. The number of rotatable bonds is 5. The first-order valence-corrected chi connectivity index (χ1v) is 9.96. The normalized spacial score (nSPS) is 16.6. The summed E-state index contributed by atoms with van der Waals surface area (Å²) in [6, 6.07) is 17.4. The van der Waals surface area contributed by atoms with E-state index in [2.05, 4.69) is 16.0 Å². The summed E-state index contributed by atoms with van der Waals surface area (Å²) < 4.78 is 0. The maximum absolute atomic E-state index is 13.0. The molecule has 0 radical (unpaired) electrons. The summed E-state index contributed by atoms with van der Waals surface area (Å²) in [6.07, 6.45) is 4.31. The number of nitrogens with one attached hydrogen (secondary N) is 3. The summed E-state index contributed by atoms with van der Waals surface area (Å²) in [6.45, 7) is 2.04. The zero-order valence-corrected chi connectivity index (χ0v) is 16.6. The molecule has 2 aromatic carbocycles. The third kappa shape index (κ3) is 4.53. The van der Waals surface area contributed by atoms with E-state index in [0.717, 1.165) is 30.4 Å². The van der Waals surface area contributed by atoms with E-state index in [1.54, 1.807) is 7.05 Å². The minimum atomic E-state index is -0.828. The van der Waals surface area contributed by atoms with Crippen LogP contribution in [0.5, 0.6) is 0 Å². The minimum absolute atomic E-state index is 0.117. The Morgan fingerprint density at radius 1 is 0.893 bits per heavy atom. The molecule has 28 heavy (non-hydrogen) atoms. The second-order valence-electron chi connectivity index (χ2n) is 7.57. The smallest absolute Gasteiger partial charge is 0.316 e. The first-order chi connectivity index (χ1) is 13.5. The van der Waals surface area contributed by atoms with Gasteiger partial charge in [0.05, 0.1) is 6.04 Å². The number of amides is 3. The Kier molecular flexibility index (Phi) is 6.34. The maximum Gasteiger partial charge on any atom is 0.316 e. The molecule has 3 rings (SSSR count). The van der Waals surface area contributed by atoms with Gasteiger partial charge in [-0.1, -0.05) is 79.4 Å². The average molecular weight is 380 g/mol. The highest BCUT2D eigenvalue weighted by Gasteiger charge is 2.40. The summed E-state index contributed by atoms with van der Waals surface area (Å²) in [5, 5.41) is 8.81. The molecule has 1 aliphatic carbocycles. The van der Waals surface area contributed by atoms with Crippen molar-refractivity contribution in [1.82, 2.24) is 16.0 Å². The van der Waals surface area contributed by atoms with Crippen LogP contribution in [-0.2, 0) is 4.79 Å². The van der Waals surface area contributed by atoms with E-state index in [1.165, 1.54) is 5.56 Å². The Labute approximate surface area is 166 Å². The van der Waals surface area contributed by atoms with Gasteiger partial charge in [0.25, 0.3) is 0 Å². The highest BCUT2D eigenvalue weighted by molar-refractivity contribution is 5.91. The van der Waals surface area contributed by atoms with Crippen molar-refractivity contribution in [3.05, 3.63) is 71.3 Å². The molecule has 0 aromatic heterocycles. The van der Waals surface area contributed by atoms with Crippen LogP contribution in [0.4, 0.5) is 4.79 Å². The molecular formula is C23H29N3O2. The number of carbonyl (C=O) groups excluding carboxylic acids is 2. The predicted molar refractivity (Wildman–Crippen MR) is 111 cm³/mol. The zero-order valence-electron chi connectivity index (χ0n) is 16.6. The lowest BCUT2D eigenvalue weighted by molar-refractivity contribution is -0.128. The van der Waals surface area contributed by atoms with Gasteiger partial charge in [-0.3, -0.25) is 4.79 Å². The summed E-state index contributed by atoms with van der Waals surface area (Å²) in [5.41, 5.74) is 2.34. The van der Waals surface area contributed by atoms with Crippen LogP contribution < -0.4 is 16.0 Å². The van der Waals surface area contributed by atoms with Gasteiger partial charge in [-0.2, -0.15) is 0 Å². The summed E-state index contributed by atoms with van der Waals surface area (Å²) in [4.78, 5) is 25.5. The Bertz CT molecular complexity index is 796. The van der Waals surface area contributed by atoms with Gasteiger partial charge >= 0.3 is 6.03 Å². The van der Waals surface area contributed by atoms with Crippen molar-refractivity contribution in [1.29, 1.82) is 0 Å². The average Bonchev–Trinajstić information content (AvgIpc) is 2.73. The summed E-state index contributed by atoms with van der Waals surface area (Å²) >= 11 is 0. The van der Waals surface area contributed by atoms with Crippen molar-refractivity contribution in [3.8, 4) is 0 Å². The van der Waals surface area contributed by atoms with E-state index in [1.807, 2.05) is 61.5 Å². The van der Waals surface area contributed by atoms with E-state index < -0.39 is 5.54 Å². The summed E-state index contributed by atoms with van der Waals surface area (Å²) in [7, 11) is 1.62. The van der Waals surface area contributed by atoms with Gasteiger partial charge in [-0.25, -0.2) is 4.79 Å². The Morgan fingerprint density at radius 2 is 1.50 bits per heavy atom. The van der Waals surface area contributed by atoms with Crippen molar-refractivity contribution in [2.75, 3.05) is 7.05 Å². The molecule has 0 bridgehead atoms. The van der Waals surface area contributed by atoms with E-state index in [-0.39, 0.29) is 18.0 Å². The van der Waals surface area contributed by atoms with Crippen LogP contribution >= 0.6 is 0 Å². The van der Waals surface area contributed by atoms with Crippen molar-refractivity contribution in [3.63, 3.8) is 0 Å². The topological polar surface area (TPSA) is 70.2 Å². The van der Waals surface area contributed by atoms with Crippen LogP contribution in [0.1, 0.15) is 54.8 Å². The molecule has 3 N–H and O–H groups in total. The van der Waals surface area contributed by atoms with E-state index in [9.17, 15) is 9.59 Å². The number of carbonyl (C=O) groups is 2. The molecule has 1 saturated carbocycles. The molecule has 5 nitrogen and oxygen atoms in total. The first kappa shape index (κ1) is 19.9. The highest BCUT2D eigenvalue weighted by atomic mass is 16.2. The van der Waals surface area contributed by atoms with Crippen molar-refractivity contribution >= 4 is 11.9 Å². The second-order valence-corrected chi connectivity index (χ2v) is 7.57. The van der Waals surface area contributed by atoms with Crippen LogP contribution in [0.25, 0.3) is 0 Å². The van der Waals surface area contributed by atoms with Crippen molar-refractivity contribution in [2.24, 2.45) is 0 Å². The number of urea groups is 1. The lowest BCUT2D eigenvalue weighted by Crippen LogP contribution is -2.61. The van der Waals surface area contributed by atoms with Gasteiger partial charge in [0.2, 0.25) is 5.91 Å². The molecule has 0 heterocycles. The number of benzene rings is 2. The zero-order chi connectivity index (χ0) is 20.0. The Hall–Kier alpha value is -2.82. The van der Waals surface area contributed by atoms with Gasteiger partial charge < -0.3 is 16.0 Å². The highest BCUT2D eigenvalue weighted by Crippen LogP contribution is 2.29. The number of hydrogen-bond donors (Lipinski definition) is 3. The third-order valence-corrected chi connectivity index (χ3v) is 5.54. The molecule has 148 valence electrons. The molecule has 0 unspecified atom stereocenters. The molecular weight excluding hydrogens is 350 g/mol. The Balaban J connectivity index is 1.82. The SMILES string of the molecule is CNC(=O)C1(NC(=O)N[C@@H](c2ccccc2)c2ccc(C)cc2)CCCCC1. The number of aryl methyl sites for hydroxylation is 1. The van der Waals surface area contributed by atoms with Gasteiger partial charge in [-0.05, 0) is 30.9 Å². The quantitative estimate of drug-likeness (QED) is 0.739. The van der Waals surface area contributed by atoms with E-state index >= 15 is 0 Å². The van der Waals surface area contributed by atoms with Crippen LogP contribution in [0, 0.1) is 6.92 Å². The number of hydrogen-bond acceptors (Lipinski definition) is 2. The standard InChI is InChI=1S/C23H29N3O2/c1-17-11-13-19(14-12-17)20(18-9-5-3-6-10-18)25-22(28)26-23(21(27)24-2)15-7-4-8-16-23/h3,5-6,9-14,20H,4,7-8,15-16H2,1-2H3,(H,24,27)(H2,25,26,28)/t20-/m0/s1. The molecule has 1 atom stereocenters. The first-order valence-electron chi connectivity index (χ1n) is 9.96. The van der Waals surface area contributed by atoms with E-state index in [4.69, 9.17) is 0 Å². The molecule has 2 aromatic rings. The predicted octanol–water partition coefficient (Wildman–Crippen LogP) is 3.83. The Morgan fingerprint density at radius 3 is 2.11 bits per heavy atom. The van der Waals surface area contributed by atoms with Gasteiger partial charge in [0.15, 0.2) is 0 Å². The molecule has 0 spiro atoms. The van der Waals surface area contributed by atoms with Crippen molar-refractivity contribution < 1.29 is 9.59 Å². The van der Waals surface area contributed by atoms with Gasteiger partial charge in [0, 0.05) is 7.05 Å². The van der Waals surface area contributed by atoms with Crippen LogP contribution in [-0.4, -0.2) is 24.5 Å². The largest absolute Gasteiger partial charge is 0.357 e. The van der Waals surface area contributed by atoms with Gasteiger partial charge in [0.1, 0.15) is 5.54 Å². The molecule has 5 heteroatoms. The summed E-state index contributed by atoms with van der Waals surface area (Å²) in [5.74, 6) is -0.117. The number of likely N-dealkylation sites (N-methyl/N-ethyl adjacent to an activating group) is 1. The van der Waals surface area contributed by atoms with E-state index in [0.29, 0.717) is 12.8 Å². The molecule has 1 aliphatic rings. The van der Waals surface area contributed by atoms with Crippen molar-refractivity contribution in [2.45, 2.75) is 50.6 Å². The fourth-order valence-corrected chi connectivity index (χ4v) is 3.95. The fraction of sp³-hybridized carbons (Fsp3) is 0.391. The van der Waals surface area contributed by atoms with Crippen LogP contribution in [0.15, 0.2) is 54.6 Å². The molecule has 3 amide bonds. The third-order valence-electron chi connectivity index (χ3n) is 5.54. The van der Waals surface area contributed by atoms with Gasteiger partial charge in [-0.15, -0.1) is 0 Å². The van der Waals surface area contributed by atoms with Crippen LogP contribution in [0.2, 0.25) is 0 Å². The molecule has 1 fully saturated rings. The van der Waals surface area contributed by atoms with Crippen LogP contribution in [0.3, 0.4) is 0 Å².